The van der Waals surface area contributed by atoms with Crippen LogP contribution in [0, 0.1) is 5.92 Å². The second-order valence-electron chi connectivity index (χ2n) is 6.00. The molecule has 3 rings (SSSR count). The van der Waals surface area contributed by atoms with Gasteiger partial charge in [0.15, 0.2) is 11.5 Å². The largest absolute Gasteiger partial charge is 0.493 e. The van der Waals surface area contributed by atoms with Gasteiger partial charge in [0.25, 0.3) is 0 Å². The number of methoxy groups -OCH3 is 1. The van der Waals surface area contributed by atoms with Crippen molar-refractivity contribution in [3.63, 3.8) is 0 Å². The molecule has 0 saturated carbocycles. The number of para-hydroxylation sites is 1. The van der Waals surface area contributed by atoms with Crippen molar-refractivity contribution < 1.29 is 19.7 Å². The molecule has 22 heavy (non-hydrogen) atoms. The van der Waals surface area contributed by atoms with E-state index >= 15 is 0 Å². The van der Waals surface area contributed by atoms with E-state index < -0.39 is 6.10 Å². The second-order valence-corrected chi connectivity index (χ2v) is 6.00. The first kappa shape index (κ1) is 15.3. The quantitative estimate of drug-likeness (QED) is 0.874. The van der Waals surface area contributed by atoms with Gasteiger partial charge in [-0.25, -0.2) is 0 Å². The van der Waals surface area contributed by atoms with Crippen LogP contribution in [-0.2, 0) is 0 Å². The highest BCUT2D eigenvalue weighted by Gasteiger charge is 2.28. The molecule has 5 heteroatoms. The number of fused-ring (bicyclic) bond motifs is 1. The Morgan fingerprint density at radius 2 is 2.27 bits per heavy atom. The molecule has 2 atom stereocenters. The van der Waals surface area contributed by atoms with E-state index in [9.17, 15) is 10.2 Å². The van der Waals surface area contributed by atoms with E-state index in [4.69, 9.17) is 9.47 Å². The number of hydrogen-bond acceptors (Lipinski definition) is 5. The number of hydrogen-bond donors (Lipinski definition) is 2. The Balaban J connectivity index is 1.68. The Hall–Kier alpha value is -1.56. The molecule has 1 fully saturated rings. The summed E-state index contributed by atoms with van der Waals surface area (Å²) in [6.07, 6.45) is 2.53. The molecule has 0 amide bonds. The van der Waals surface area contributed by atoms with Crippen molar-refractivity contribution in [2.45, 2.75) is 12.5 Å². The molecule has 0 bridgehead atoms. The third-order valence-corrected chi connectivity index (χ3v) is 4.46. The number of likely N-dealkylation sites (tertiary alicyclic amines) is 1. The maximum absolute atomic E-state index is 10.0. The summed E-state index contributed by atoms with van der Waals surface area (Å²) in [6, 6.07) is 5.87. The van der Waals surface area contributed by atoms with Crippen LogP contribution in [0.2, 0.25) is 0 Å². The van der Waals surface area contributed by atoms with E-state index in [2.05, 4.69) is 11.0 Å². The van der Waals surface area contributed by atoms with E-state index in [-0.39, 0.29) is 12.5 Å². The fourth-order valence-electron chi connectivity index (χ4n) is 3.17. The van der Waals surface area contributed by atoms with Gasteiger partial charge in [0.05, 0.1) is 13.2 Å². The number of β-amino-alcohol motifs (C(OH)–C–C–N with tert-alkyl or cyclic N) is 1. The summed E-state index contributed by atoms with van der Waals surface area (Å²) in [4.78, 5) is 2.22. The summed E-state index contributed by atoms with van der Waals surface area (Å²) < 4.78 is 11.2. The second kappa shape index (κ2) is 6.69. The van der Waals surface area contributed by atoms with Crippen LogP contribution in [-0.4, -0.2) is 61.2 Å². The average Bonchev–Trinajstić information content (AvgIpc) is 2.54. The van der Waals surface area contributed by atoms with Crippen LogP contribution < -0.4 is 9.47 Å². The Kier molecular flexibility index (Phi) is 4.66. The molecular formula is C17H23NO4. The topological polar surface area (TPSA) is 62.2 Å². The first-order valence-electron chi connectivity index (χ1n) is 7.71. The first-order valence-corrected chi connectivity index (χ1v) is 7.71. The molecule has 0 unspecified atom stereocenters. The van der Waals surface area contributed by atoms with Crippen molar-refractivity contribution in [3.8, 4) is 11.5 Å². The van der Waals surface area contributed by atoms with E-state index in [1.54, 1.807) is 7.11 Å². The third kappa shape index (κ3) is 3.11. The molecule has 0 spiro atoms. The van der Waals surface area contributed by atoms with E-state index in [1.165, 1.54) is 5.57 Å². The van der Waals surface area contributed by atoms with Gasteiger partial charge in [-0.15, -0.1) is 0 Å². The van der Waals surface area contributed by atoms with E-state index in [0.717, 1.165) is 36.6 Å². The zero-order chi connectivity index (χ0) is 15.5. The molecule has 1 aromatic carbocycles. The molecule has 5 nitrogen and oxygen atoms in total. The molecule has 2 aliphatic heterocycles. The number of nitrogens with zero attached hydrogens (tertiary/aromatic N) is 1. The van der Waals surface area contributed by atoms with Gasteiger partial charge in [-0.2, -0.15) is 0 Å². The smallest absolute Gasteiger partial charge is 0.168 e. The lowest BCUT2D eigenvalue weighted by atomic mass is 9.94. The number of rotatable bonds is 4. The summed E-state index contributed by atoms with van der Waals surface area (Å²) in [6.45, 7) is 2.89. The van der Waals surface area contributed by atoms with Crippen molar-refractivity contribution in [3.05, 3.63) is 29.3 Å². The van der Waals surface area contributed by atoms with Crippen LogP contribution >= 0.6 is 0 Å². The fourth-order valence-corrected chi connectivity index (χ4v) is 3.17. The summed E-state index contributed by atoms with van der Waals surface area (Å²) in [5, 5.41) is 19.2. The maximum Gasteiger partial charge on any atom is 0.168 e. The van der Waals surface area contributed by atoms with Crippen molar-refractivity contribution in [1.29, 1.82) is 0 Å². The third-order valence-electron chi connectivity index (χ3n) is 4.46. The van der Waals surface area contributed by atoms with Crippen LogP contribution in [0.25, 0.3) is 6.08 Å². The zero-order valence-corrected chi connectivity index (χ0v) is 12.9. The van der Waals surface area contributed by atoms with Crippen LogP contribution in [0.15, 0.2) is 23.8 Å². The van der Waals surface area contributed by atoms with Gasteiger partial charge in [-0.3, -0.25) is 4.90 Å². The molecule has 120 valence electrons. The van der Waals surface area contributed by atoms with Crippen LogP contribution in [0.5, 0.6) is 11.5 Å². The van der Waals surface area contributed by atoms with Crippen molar-refractivity contribution in [1.82, 2.24) is 4.90 Å². The van der Waals surface area contributed by atoms with Crippen molar-refractivity contribution >= 4 is 6.08 Å². The minimum absolute atomic E-state index is 0.0119. The van der Waals surface area contributed by atoms with Gasteiger partial charge >= 0.3 is 0 Å². The molecule has 2 N–H and O–H groups in total. The summed E-state index contributed by atoms with van der Waals surface area (Å²) in [5.74, 6) is 1.57. The van der Waals surface area contributed by atoms with Gasteiger partial charge in [-0.05, 0) is 30.7 Å². The molecule has 1 saturated heterocycles. The first-order chi connectivity index (χ1) is 10.7. The lowest BCUT2D eigenvalue weighted by Crippen LogP contribution is -2.45. The Morgan fingerprint density at radius 1 is 1.41 bits per heavy atom. The van der Waals surface area contributed by atoms with Crippen molar-refractivity contribution in [2.24, 2.45) is 5.92 Å². The summed E-state index contributed by atoms with van der Waals surface area (Å²) in [5.41, 5.74) is 2.22. The highest BCUT2D eigenvalue weighted by atomic mass is 16.5. The van der Waals surface area contributed by atoms with Gasteiger partial charge in [0.1, 0.15) is 6.61 Å². The predicted molar refractivity (Wildman–Crippen MR) is 84.1 cm³/mol. The number of benzene rings is 1. The molecule has 1 aromatic rings. The molecule has 2 aliphatic rings. The maximum atomic E-state index is 10.0. The Labute approximate surface area is 130 Å². The average molecular weight is 305 g/mol. The standard InChI is InChI=1S/C17H23NO4/c1-21-16-4-2-3-13-7-12(11-22-17(13)16)8-18-6-5-14(10-19)15(20)9-18/h2-4,7,14-15,19-20H,5-6,8-11H2,1H3/t14-,15-/m0/s1. The van der Waals surface area contributed by atoms with Crippen LogP contribution in [0.4, 0.5) is 0 Å². The normalized spacial score (nSPS) is 25.1. The van der Waals surface area contributed by atoms with Gasteiger partial charge in [0, 0.05) is 31.2 Å². The van der Waals surface area contributed by atoms with E-state index in [0.29, 0.717) is 13.2 Å². The summed E-state index contributed by atoms with van der Waals surface area (Å²) in [7, 11) is 1.64. The van der Waals surface area contributed by atoms with Gasteiger partial charge in [0.2, 0.25) is 0 Å². The van der Waals surface area contributed by atoms with E-state index in [1.807, 2.05) is 18.2 Å². The Bertz CT molecular complexity index is 558. The summed E-state index contributed by atoms with van der Waals surface area (Å²) >= 11 is 0. The SMILES string of the molecule is COc1cccc2c1OCC(CN1CC[C@@H](CO)[C@@H](O)C1)=C2. The minimum Gasteiger partial charge on any atom is -0.493 e. The number of aliphatic hydroxyl groups excluding tert-OH is 2. The zero-order valence-electron chi connectivity index (χ0n) is 12.9. The Morgan fingerprint density at radius 3 is 3.00 bits per heavy atom. The minimum atomic E-state index is -0.448. The fraction of sp³-hybridized carbons (Fsp3) is 0.529. The highest BCUT2D eigenvalue weighted by Crippen LogP contribution is 2.35. The monoisotopic (exact) mass is 305 g/mol. The lowest BCUT2D eigenvalue weighted by Gasteiger charge is -2.36. The highest BCUT2D eigenvalue weighted by molar-refractivity contribution is 5.66. The predicted octanol–water partition coefficient (Wildman–Crippen LogP) is 1.15. The van der Waals surface area contributed by atoms with Crippen LogP contribution in [0.3, 0.4) is 0 Å². The lowest BCUT2D eigenvalue weighted by molar-refractivity contribution is 0.000697. The molecule has 0 radical (unpaired) electrons. The number of ether oxygens (including phenoxy) is 2. The number of piperidine rings is 1. The molecule has 0 aliphatic carbocycles. The van der Waals surface area contributed by atoms with Crippen molar-refractivity contribution in [2.75, 3.05) is 40.0 Å². The van der Waals surface area contributed by atoms with Crippen LogP contribution in [0.1, 0.15) is 12.0 Å². The molecule has 2 heterocycles. The van der Waals surface area contributed by atoms with Gasteiger partial charge < -0.3 is 19.7 Å². The molecular weight excluding hydrogens is 282 g/mol. The van der Waals surface area contributed by atoms with Gasteiger partial charge in [-0.1, -0.05) is 12.1 Å². The number of aliphatic hydroxyl groups is 2. The molecule has 0 aromatic heterocycles.